The summed E-state index contributed by atoms with van der Waals surface area (Å²) in [4.78, 5) is 56.5. The summed E-state index contributed by atoms with van der Waals surface area (Å²) >= 11 is 0. The number of nitrogens with zero attached hydrogens (tertiary/aromatic N) is 2. The number of amides is 2. The number of allylic oxidation sites excluding steroid dienone is 3. The van der Waals surface area contributed by atoms with Crippen LogP contribution in [0.2, 0.25) is 0 Å². The van der Waals surface area contributed by atoms with Crippen molar-refractivity contribution in [3.63, 3.8) is 0 Å². The number of piperidine rings is 1. The highest BCUT2D eigenvalue weighted by Crippen LogP contribution is 2.41. The number of carbonyl (C=O) groups excluding carboxylic acids is 4. The molecule has 0 spiro atoms. The van der Waals surface area contributed by atoms with Crippen LogP contribution < -0.4 is 5.32 Å². The van der Waals surface area contributed by atoms with Crippen LogP contribution in [0.15, 0.2) is 59.5 Å². The Kier molecular flexibility index (Phi) is 7.89. The first kappa shape index (κ1) is 28.4. The van der Waals surface area contributed by atoms with Crippen LogP contribution in [0, 0.1) is 5.92 Å². The monoisotopic (exact) mass is 559 g/mol. The van der Waals surface area contributed by atoms with Crippen molar-refractivity contribution in [1.29, 1.82) is 0 Å². The Morgan fingerprint density at radius 1 is 1.05 bits per heavy atom. The van der Waals surface area contributed by atoms with Gasteiger partial charge in [0.05, 0.1) is 18.6 Å². The molecular weight excluding hydrogens is 522 g/mol. The summed E-state index contributed by atoms with van der Waals surface area (Å²) in [7, 11) is 1.57. The van der Waals surface area contributed by atoms with E-state index >= 15 is 0 Å². The Morgan fingerprint density at radius 3 is 2.39 bits per heavy atom. The molecular formula is C32H37N3O6. The molecule has 2 aromatic carbocycles. The van der Waals surface area contributed by atoms with Crippen molar-refractivity contribution >= 4 is 40.0 Å². The van der Waals surface area contributed by atoms with Gasteiger partial charge in [-0.1, -0.05) is 50.3 Å². The number of nitrogens with one attached hydrogen (secondary N) is 1. The highest BCUT2D eigenvalue weighted by molar-refractivity contribution is 6.18. The van der Waals surface area contributed by atoms with E-state index < -0.39 is 23.7 Å². The zero-order valence-electron chi connectivity index (χ0n) is 24.1. The highest BCUT2D eigenvalue weighted by atomic mass is 16.7. The lowest BCUT2D eigenvalue weighted by Gasteiger charge is -2.38. The van der Waals surface area contributed by atoms with Crippen molar-refractivity contribution in [2.45, 2.75) is 58.3 Å². The third-order valence-electron chi connectivity index (χ3n) is 8.24. The average molecular weight is 560 g/mol. The van der Waals surface area contributed by atoms with Gasteiger partial charge < -0.3 is 19.8 Å². The van der Waals surface area contributed by atoms with Gasteiger partial charge in [0.2, 0.25) is 5.78 Å². The molecule has 0 saturated carbocycles. The molecule has 1 N–H and O–H groups in total. The van der Waals surface area contributed by atoms with Crippen molar-refractivity contribution in [2.75, 3.05) is 32.1 Å². The van der Waals surface area contributed by atoms with E-state index in [-0.39, 0.29) is 24.0 Å². The predicted molar refractivity (Wildman–Crippen MR) is 154 cm³/mol. The maximum Gasteiger partial charge on any atom is 0.336 e. The topological polar surface area (TPSA) is 105 Å². The van der Waals surface area contributed by atoms with Crippen LogP contribution >= 0.6 is 0 Å². The Hall–Kier alpha value is -4.14. The summed E-state index contributed by atoms with van der Waals surface area (Å²) in [6.07, 6.45) is 3.64. The number of ether oxygens (including phenoxy) is 1. The Bertz CT molecular complexity index is 1450. The molecule has 9 heteroatoms. The molecule has 5 rings (SSSR count). The normalized spacial score (nSPS) is 19.3. The lowest BCUT2D eigenvalue weighted by atomic mass is 9.76. The molecule has 2 saturated heterocycles. The zero-order valence-corrected chi connectivity index (χ0v) is 24.1. The van der Waals surface area contributed by atoms with Crippen molar-refractivity contribution in [3.8, 4) is 0 Å². The van der Waals surface area contributed by atoms with E-state index in [1.807, 2.05) is 17.0 Å². The fraction of sp³-hybridized carbons (Fsp3) is 0.438. The number of likely N-dealkylation sites (tertiary alicyclic amines) is 1. The summed E-state index contributed by atoms with van der Waals surface area (Å²) in [6.45, 7) is 8.22. The predicted octanol–water partition coefficient (Wildman–Crippen LogP) is 4.63. The van der Waals surface area contributed by atoms with Gasteiger partial charge in [-0.05, 0) is 54.0 Å². The van der Waals surface area contributed by atoms with Crippen LogP contribution in [0.5, 0.6) is 0 Å². The lowest BCUT2D eigenvalue weighted by Crippen LogP contribution is -2.44. The lowest BCUT2D eigenvalue weighted by molar-refractivity contribution is -0.201. The average Bonchev–Trinajstić information content (AvgIpc) is 3.28. The van der Waals surface area contributed by atoms with E-state index in [1.165, 1.54) is 16.3 Å². The molecule has 9 nitrogen and oxygen atoms in total. The van der Waals surface area contributed by atoms with Gasteiger partial charge in [0.1, 0.15) is 5.70 Å². The number of carbonyl (C=O) groups is 4. The SMILES string of the molecule is CCNc1ccc2ccccc2c1C(C)(C)C/C=C1\C(=O)C(N2CCC(C(=O)ON3C(=O)CCC3=O)CC2)=C1OC. The van der Waals surface area contributed by atoms with Crippen LogP contribution in [-0.2, 0) is 34.2 Å². The van der Waals surface area contributed by atoms with Crippen LogP contribution in [0.3, 0.4) is 0 Å². The highest BCUT2D eigenvalue weighted by Gasteiger charge is 2.42. The molecule has 0 unspecified atom stereocenters. The maximum atomic E-state index is 13.3. The van der Waals surface area contributed by atoms with Gasteiger partial charge >= 0.3 is 5.97 Å². The minimum atomic E-state index is -0.581. The van der Waals surface area contributed by atoms with Gasteiger partial charge in [-0.25, -0.2) is 4.79 Å². The van der Waals surface area contributed by atoms with Crippen molar-refractivity contribution < 1.29 is 28.8 Å². The number of hydrogen-bond acceptors (Lipinski definition) is 8. The minimum Gasteiger partial charge on any atom is -0.494 e. The van der Waals surface area contributed by atoms with Gasteiger partial charge in [0, 0.05) is 38.2 Å². The van der Waals surface area contributed by atoms with Gasteiger partial charge in [-0.2, -0.15) is 0 Å². The van der Waals surface area contributed by atoms with Crippen LogP contribution in [0.25, 0.3) is 10.8 Å². The number of Topliss-reactive ketones (excluding diaryl/α,β-unsaturated/α-hetero) is 1. The number of benzene rings is 2. The second kappa shape index (κ2) is 11.4. The summed E-state index contributed by atoms with van der Waals surface area (Å²) in [5.41, 5.74) is 3.16. The molecule has 1 aliphatic carbocycles. The maximum absolute atomic E-state index is 13.3. The second-order valence-electron chi connectivity index (χ2n) is 11.4. The van der Waals surface area contributed by atoms with Crippen LogP contribution in [0.4, 0.5) is 5.69 Å². The second-order valence-corrected chi connectivity index (χ2v) is 11.4. The molecule has 3 aliphatic rings. The molecule has 0 aromatic heterocycles. The standard InChI is InChI=1S/C32H37N3O6/c1-5-33-24-11-10-20-8-6-7-9-22(20)27(24)32(2,3)17-14-23-29(38)28(30(23)40-4)34-18-15-21(16-19-34)31(39)41-35-25(36)12-13-26(35)37/h6-11,14,21,33H,5,12-13,15-19H2,1-4H3/b23-14+. The van der Waals surface area contributed by atoms with Crippen molar-refractivity contribution in [3.05, 3.63) is 65.1 Å². The number of ketones is 1. The quantitative estimate of drug-likeness (QED) is 0.350. The summed E-state index contributed by atoms with van der Waals surface area (Å²) < 4.78 is 5.69. The first-order valence-corrected chi connectivity index (χ1v) is 14.3. The number of methoxy groups -OCH3 is 1. The van der Waals surface area contributed by atoms with E-state index in [0.717, 1.165) is 12.2 Å². The minimum absolute atomic E-state index is 0.0586. The van der Waals surface area contributed by atoms with Crippen molar-refractivity contribution in [1.82, 2.24) is 9.96 Å². The molecule has 2 aromatic rings. The van der Waals surface area contributed by atoms with E-state index in [0.29, 0.717) is 54.4 Å². The van der Waals surface area contributed by atoms with E-state index in [1.54, 1.807) is 7.11 Å². The third-order valence-corrected chi connectivity index (χ3v) is 8.24. The van der Waals surface area contributed by atoms with Crippen molar-refractivity contribution in [2.24, 2.45) is 5.92 Å². The molecule has 2 heterocycles. The molecule has 0 radical (unpaired) electrons. The summed E-state index contributed by atoms with van der Waals surface area (Å²) in [6, 6.07) is 12.6. The first-order chi connectivity index (χ1) is 19.7. The molecule has 2 amide bonds. The van der Waals surface area contributed by atoms with Crippen LogP contribution in [-0.4, -0.2) is 60.3 Å². The third kappa shape index (κ3) is 5.33. The van der Waals surface area contributed by atoms with Gasteiger partial charge in [-0.15, -0.1) is 5.06 Å². The number of hydrogen-bond donors (Lipinski definition) is 1. The number of fused-ring (bicyclic) bond motifs is 1. The molecule has 41 heavy (non-hydrogen) atoms. The van der Waals surface area contributed by atoms with Gasteiger partial charge in [0.15, 0.2) is 5.76 Å². The van der Waals surface area contributed by atoms with E-state index in [4.69, 9.17) is 9.57 Å². The van der Waals surface area contributed by atoms with E-state index in [9.17, 15) is 19.2 Å². The number of imide groups is 1. The Morgan fingerprint density at radius 2 is 1.73 bits per heavy atom. The Labute approximate surface area is 240 Å². The molecule has 216 valence electrons. The number of rotatable bonds is 9. The fourth-order valence-corrected chi connectivity index (χ4v) is 6.04. The van der Waals surface area contributed by atoms with Gasteiger partial charge in [0.25, 0.3) is 11.8 Å². The van der Waals surface area contributed by atoms with Crippen LogP contribution in [0.1, 0.15) is 58.4 Å². The fourth-order valence-electron chi connectivity index (χ4n) is 6.04. The van der Waals surface area contributed by atoms with Gasteiger partial charge in [-0.3, -0.25) is 14.4 Å². The largest absolute Gasteiger partial charge is 0.494 e. The zero-order chi connectivity index (χ0) is 29.3. The summed E-state index contributed by atoms with van der Waals surface area (Å²) in [5.74, 6) is -1.49. The molecule has 2 aliphatic heterocycles. The Balaban J connectivity index is 1.29. The summed E-state index contributed by atoms with van der Waals surface area (Å²) in [5, 5.41) is 6.47. The first-order valence-electron chi connectivity index (χ1n) is 14.3. The number of hydroxylamine groups is 2. The molecule has 0 atom stereocenters. The molecule has 2 fully saturated rings. The van der Waals surface area contributed by atoms with E-state index in [2.05, 4.69) is 56.4 Å². The smallest absolute Gasteiger partial charge is 0.336 e. The molecule has 0 bridgehead atoms. The number of anilines is 1.